The fraction of sp³-hybridized carbons (Fsp3) is 0.130. The summed E-state index contributed by atoms with van der Waals surface area (Å²) in [7, 11) is -18.8. The number of phenols is 1. The molecule has 1 heterocycles. The zero-order valence-corrected chi connectivity index (χ0v) is 28.5. The number of rotatable bonds is 13. The Hall–Kier alpha value is -4.85. The summed E-state index contributed by atoms with van der Waals surface area (Å²) in [6.07, 6.45) is 1.53. The summed E-state index contributed by atoms with van der Waals surface area (Å²) in [5.74, 6) is -2.99. The van der Waals surface area contributed by atoms with Gasteiger partial charge < -0.3 is 15.2 Å². The van der Waals surface area contributed by atoms with E-state index in [0.29, 0.717) is 6.07 Å². The van der Waals surface area contributed by atoms with Crippen LogP contribution < -0.4 is 15.4 Å². The van der Waals surface area contributed by atoms with Gasteiger partial charge in [0.05, 0.1) is 30.1 Å². The van der Waals surface area contributed by atoms with Crippen LogP contribution in [0.2, 0.25) is 5.28 Å². The second-order valence-corrected chi connectivity index (χ2v) is 15.6. The highest BCUT2D eigenvalue weighted by molar-refractivity contribution is 7.91. The molecule has 1 aromatic heterocycles. The van der Waals surface area contributed by atoms with Crippen molar-refractivity contribution in [2.24, 2.45) is 10.2 Å². The molecule has 4 aromatic rings. The zero-order valence-electron chi connectivity index (χ0n) is 24.4. The molecule has 0 aliphatic heterocycles. The standard InChI is InChI=1S/C23H19ClN8O14S4/c1-45-16-5-2-11(47(34,35)7-6-46-50(42,43)44)8-15(16)31-32-18-17(48(36,37)38)9-13-12(19(18)33)3-4-14(20(13)49(39,40)41)27-23-29-21(24)28-22(30-23)26-10-25/h2-5,8-9,33H,6-7H2,1H3,(H,36,37,38)(H,39,40,41)(H,42,43,44)(H2,26,27,28,29,30). The van der Waals surface area contributed by atoms with E-state index in [1.54, 1.807) is 0 Å². The minimum Gasteiger partial charge on any atom is -0.505 e. The lowest BCUT2D eigenvalue weighted by Crippen LogP contribution is -2.15. The maximum Gasteiger partial charge on any atom is 0.397 e. The molecule has 0 amide bonds. The number of aromatic hydroxyl groups is 1. The molecule has 0 spiro atoms. The van der Waals surface area contributed by atoms with Crippen molar-refractivity contribution >= 4 is 91.8 Å². The summed E-state index contributed by atoms with van der Waals surface area (Å²) in [6.45, 7) is -0.960. The summed E-state index contributed by atoms with van der Waals surface area (Å²) in [6, 6.07) is 5.55. The van der Waals surface area contributed by atoms with Crippen LogP contribution in [-0.2, 0) is 44.7 Å². The summed E-state index contributed by atoms with van der Waals surface area (Å²) in [5, 5.41) is 30.2. The molecule has 6 N–H and O–H groups in total. The first-order valence-corrected chi connectivity index (χ1v) is 19.0. The Labute approximate surface area is 286 Å². The Bertz CT molecular complexity index is 2550. The molecule has 0 bridgehead atoms. The number of methoxy groups -OCH3 is 1. The lowest BCUT2D eigenvalue weighted by Gasteiger charge is -2.15. The number of nitrogens with zero attached hydrogens (tertiary/aromatic N) is 6. The number of anilines is 3. The largest absolute Gasteiger partial charge is 0.505 e. The second-order valence-electron chi connectivity index (χ2n) is 9.28. The van der Waals surface area contributed by atoms with Gasteiger partial charge in [0.2, 0.25) is 17.2 Å². The first-order valence-electron chi connectivity index (χ1n) is 12.7. The molecule has 266 valence electrons. The third-order valence-corrected chi connectivity index (χ3v) is 10.2. The molecule has 0 aliphatic rings. The number of phenolic OH excluding ortho intramolecular Hbond substituents is 1. The maximum atomic E-state index is 12.7. The maximum absolute atomic E-state index is 12.7. The van der Waals surface area contributed by atoms with E-state index in [4.69, 9.17) is 26.2 Å². The van der Waals surface area contributed by atoms with Crippen molar-refractivity contribution in [1.29, 1.82) is 5.26 Å². The molecule has 0 atom stereocenters. The van der Waals surface area contributed by atoms with Crippen LogP contribution in [0.5, 0.6) is 11.5 Å². The predicted octanol–water partition coefficient (Wildman–Crippen LogP) is 2.53. The third-order valence-electron chi connectivity index (χ3n) is 6.09. The topological polar surface area (TPSA) is 347 Å². The number of sulfone groups is 1. The zero-order chi connectivity index (χ0) is 37.2. The monoisotopic (exact) mass is 794 g/mol. The van der Waals surface area contributed by atoms with Crippen molar-refractivity contribution in [3.63, 3.8) is 0 Å². The van der Waals surface area contributed by atoms with Crippen LogP contribution in [0.15, 0.2) is 61.3 Å². The second kappa shape index (κ2) is 14.2. The van der Waals surface area contributed by atoms with Crippen molar-refractivity contribution in [2.45, 2.75) is 14.7 Å². The van der Waals surface area contributed by atoms with E-state index >= 15 is 0 Å². The van der Waals surface area contributed by atoms with Gasteiger partial charge in [-0.05, 0) is 48.0 Å². The van der Waals surface area contributed by atoms with Gasteiger partial charge in [0.15, 0.2) is 21.8 Å². The van der Waals surface area contributed by atoms with E-state index in [9.17, 15) is 47.9 Å². The molecule has 0 radical (unpaired) electrons. The van der Waals surface area contributed by atoms with Crippen LogP contribution in [-0.4, -0.2) is 86.9 Å². The predicted molar refractivity (Wildman–Crippen MR) is 169 cm³/mol. The molecule has 4 rings (SSSR count). The number of ether oxygens (including phenoxy) is 1. The van der Waals surface area contributed by atoms with Gasteiger partial charge in [-0.2, -0.15) is 45.5 Å². The smallest absolute Gasteiger partial charge is 0.397 e. The first-order chi connectivity index (χ1) is 23.1. The molecule has 50 heavy (non-hydrogen) atoms. The number of azo groups is 1. The molecule has 0 fully saturated rings. The first kappa shape index (κ1) is 38.0. The number of halogens is 1. The van der Waals surface area contributed by atoms with Crippen LogP contribution in [0.25, 0.3) is 10.8 Å². The molecule has 0 aliphatic carbocycles. The normalized spacial score (nSPS) is 12.6. The molecule has 3 aromatic carbocycles. The van der Waals surface area contributed by atoms with Gasteiger partial charge in [0.25, 0.3) is 20.2 Å². The number of aromatic nitrogens is 3. The molecular formula is C23H19ClN8O14S4. The molecule has 27 heteroatoms. The van der Waals surface area contributed by atoms with Crippen molar-refractivity contribution in [3.05, 3.63) is 41.7 Å². The van der Waals surface area contributed by atoms with Crippen LogP contribution in [0.1, 0.15) is 0 Å². The SMILES string of the molecule is COc1ccc(S(=O)(=O)CCOS(=O)(=O)O)cc1N=Nc1c(S(=O)(=O)O)cc2c(S(=O)(=O)O)c(Nc3nc(Cl)nc(NC#N)n3)ccc2c1O. The Balaban J connectivity index is 1.89. The number of benzene rings is 3. The fourth-order valence-corrected chi connectivity index (χ4v) is 7.26. The van der Waals surface area contributed by atoms with E-state index in [-0.39, 0.29) is 11.7 Å². The molecule has 0 saturated carbocycles. The minimum atomic E-state index is -5.38. The summed E-state index contributed by atoms with van der Waals surface area (Å²) in [5.41, 5.74) is -1.88. The van der Waals surface area contributed by atoms with E-state index in [1.165, 1.54) is 6.19 Å². The van der Waals surface area contributed by atoms with E-state index in [2.05, 4.69) is 40.0 Å². The van der Waals surface area contributed by atoms with Crippen LogP contribution in [0.4, 0.5) is 29.0 Å². The van der Waals surface area contributed by atoms with Crippen molar-refractivity contribution in [2.75, 3.05) is 30.1 Å². The van der Waals surface area contributed by atoms with E-state index in [0.717, 1.165) is 37.4 Å². The Morgan fingerprint density at radius 2 is 1.58 bits per heavy atom. The highest BCUT2D eigenvalue weighted by Gasteiger charge is 2.28. The average molecular weight is 795 g/mol. The number of nitriles is 1. The lowest BCUT2D eigenvalue weighted by molar-refractivity contribution is 0.284. The summed E-state index contributed by atoms with van der Waals surface area (Å²) >= 11 is 5.81. The minimum absolute atomic E-state index is 0.147. The van der Waals surface area contributed by atoms with Gasteiger partial charge in [-0.15, -0.1) is 10.2 Å². The van der Waals surface area contributed by atoms with Crippen LogP contribution in [0, 0.1) is 11.5 Å². The van der Waals surface area contributed by atoms with Gasteiger partial charge in [0, 0.05) is 10.8 Å². The Morgan fingerprint density at radius 3 is 2.18 bits per heavy atom. The number of fused-ring (bicyclic) bond motifs is 1. The van der Waals surface area contributed by atoms with E-state index in [1.807, 2.05) is 0 Å². The Morgan fingerprint density at radius 1 is 0.900 bits per heavy atom. The van der Waals surface area contributed by atoms with Crippen LogP contribution in [0.3, 0.4) is 0 Å². The highest BCUT2D eigenvalue weighted by atomic mass is 35.5. The number of hydrogen-bond donors (Lipinski definition) is 6. The van der Waals surface area contributed by atoms with Gasteiger partial charge in [-0.3, -0.25) is 19.0 Å². The molecule has 0 unspecified atom stereocenters. The molecule has 22 nitrogen and oxygen atoms in total. The van der Waals surface area contributed by atoms with Crippen molar-refractivity contribution < 1.29 is 61.4 Å². The summed E-state index contributed by atoms with van der Waals surface area (Å²) < 4.78 is 135. The fourth-order valence-electron chi connectivity index (χ4n) is 4.11. The van der Waals surface area contributed by atoms with Gasteiger partial charge in [-0.25, -0.2) is 12.6 Å². The van der Waals surface area contributed by atoms with Crippen LogP contribution >= 0.6 is 11.6 Å². The quantitative estimate of drug-likeness (QED) is 0.0490. The van der Waals surface area contributed by atoms with E-state index < -0.39 is 112 Å². The average Bonchev–Trinajstić information content (AvgIpc) is 2.98. The van der Waals surface area contributed by atoms with Gasteiger partial charge in [-0.1, -0.05) is 0 Å². The number of nitrogens with one attached hydrogen (secondary N) is 2. The van der Waals surface area contributed by atoms with Gasteiger partial charge >= 0.3 is 10.4 Å². The highest BCUT2D eigenvalue weighted by Crippen LogP contribution is 2.45. The molecule has 0 saturated heterocycles. The third kappa shape index (κ3) is 8.84. The van der Waals surface area contributed by atoms with Crippen molar-refractivity contribution in [1.82, 2.24) is 15.0 Å². The van der Waals surface area contributed by atoms with Gasteiger partial charge in [0.1, 0.15) is 26.9 Å². The lowest BCUT2D eigenvalue weighted by atomic mass is 10.1. The molecular weight excluding hydrogens is 776 g/mol. The van der Waals surface area contributed by atoms with Crippen molar-refractivity contribution in [3.8, 4) is 17.7 Å². The summed E-state index contributed by atoms with van der Waals surface area (Å²) in [4.78, 5) is 8.36. The Kier molecular flexibility index (Phi) is 10.8. The number of hydrogen-bond acceptors (Lipinski definition) is 19.